The Morgan fingerprint density at radius 1 is 1.06 bits per heavy atom. The monoisotopic (exact) mass is 618 g/mol. The number of benzene rings is 1. The van der Waals surface area contributed by atoms with Gasteiger partial charge in [0.25, 0.3) is 0 Å². The first-order valence-corrected chi connectivity index (χ1v) is 12.3. The number of allylic oxidation sites excluding steroid dienone is 2. The summed E-state index contributed by atoms with van der Waals surface area (Å²) in [6, 6.07) is 9.61. The maximum Gasteiger partial charge on any atom is 0.155 e. The van der Waals surface area contributed by atoms with Gasteiger partial charge in [-0.2, -0.15) is 34.9 Å². The van der Waals surface area contributed by atoms with E-state index in [1.807, 2.05) is 0 Å². The molecule has 1 N–H and O–H groups in total. The summed E-state index contributed by atoms with van der Waals surface area (Å²) in [6.45, 7) is 12.1. The van der Waals surface area contributed by atoms with Crippen LogP contribution in [0.1, 0.15) is 103 Å². The molecule has 1 aliphatic carbocycles. The minimum Gasteiger partial charge on any atom is -0.654 e. The number of hydrogen-bond donors (Lipinski definition) is 1. The van der Waals surface area contributed by atoms with E-state index in [9.17, 15) is 4.79 Å². The van der Waals surface area contributed by atoms with Crippen molar-refractivity contribution in [1.82, 2.24) is 0 Å². The zero-order valence-corrected chi connectivity index (χ0v) is 23.3. The van der Waals surface area contributed by atoms with Crippen LogP contribution in [0.5, 0.6) is 0 Å². The van der Waals surface area contributed by atoms with Crippen LogP contribution in [-0.4, -0.2) is 16.9 Å². The second-order valence-corrected chi connectivity index (χ2v) is 10.4. The van der Waals surface area contributed by atoms with Gasteiger partial charge in [0.15, 0.2) is 5.78 Å². The summed E-state index contributed by atoms with van der Waals surface area (Å²) in [5.74, 6) is 2.21. The molecule has 0 amide bonds. The number of piperidine rings is 1. The number of rotatable bonds is 6. The van der Waals surface area contributed by atoms with Crippen molar-refractivity contribution in [3.8, 4) is 0 Å². The van der Waals surface area contributed by atoms with Crippen LogP contribution in [0.4, 0.5) is 0 Å². The third-order valence-corrected chi connectivity index (χ3v) is 6.10. The normalized spacial score (nSPS) is 23.1. The van der Waals surface area contributed by atoms with Gasteiger partial charge in [-0.3, -0.25) is 4.79 Å². The molecule has 0 spiro atoms. The minimum absolute atomic E-state index is 0. The minimum atomic E-state index is -0.125. The van der Waals surface area contributed by atoms with Gasteiger partial charge in [0.05, 0.1) is 5.76 Å². The third-order valence-electron chi connectivity index (χ3n) is 6.10. The Kier molecular flexibility index (Phi) is 13.0. The van der Waals surface area contributed by atoms with Crippen molar-refractivity contribution in [2.75, 3.05) is 0 Å². The predicted octanol–water partition coefficient (Wildman–Crippen LogP) is 7.69. The first-order valence-electron chi connectivity index (χ1n) is 12.3. The molecule has 1 aromatic carbocycles. The van der Waals surface area contributed by atoms with Gasteiger partial charge < -0.3 is 10.4 Å². The number of aliphatic hydroxyl groups is 1. The molecule has 4 heteroatoms. The molecule has 1 saturated heterocycles. The van der Waals surface area contributed by atoms with Crippen LogP contribution < -0.4 is 0 Å². The molecule has 32 heavy (non-hydrogen) atoms. The van der Waals surface area contributed by atoms with E-state index in [-0.39, 0.29) is 31.6 Å². The molecule has 183 valence electrons. The number of fused-ring (bicyclic) bond motifs is 1. The molecule has 1 radical (unpaired) electrons. The van der Waals surface area contributed by atoms with Gasteiger partial charge in [-0.15, -0.1) is 12.1 Å². The van der Waals surface area contributed by atoms with Gasteiger partial charge in [-0.1, -0.05) is 72.1 Å². The van der Waals surface area contributed by atoms with Gasteiger partial charge in [-0.25, -0.2) is 0 Å². The summed E-state index contributed by atoms with van der Waals surface area (Å²) in [5.41, 5.74) is 4.28. The number of nitrogens with zero attached hydrogens (tertiary/aromatic N) is 1. The van der Waals surface area contributed by atoms with Crippen molar-refractivity contribution in [3.05, 3.63) is 52.0 Å². The summed E-state index contributed by atoms with van der Waals surface area (Å²) >= 11 is 0. The molecule has 1 saturated carbocycles. The maximum absolute atomic E-state index is 10.0. The Labute approximate surface area is 210 Å². The van der Waals surface area contributed by atoms with E-state index in [0.717, 1.165) is 12.3 Å². The molecule has 1 heterocycles. The van der Waals surface area contributed by atoms with E-state index in [1.54, 1.807) is 0 Å². The molecule has 3 atom stereocenters. The van der Waals surface area contributed by atoms with Crippen molar-refractivity contribution in [2.24, 2.45) is 17.8 Å². The van der Waals surface area contributed by atoms with Crippen LogP contribution in [-0.2, 0) is 37.7 Å². The SMILES string of the molecule is CC(=O)/C=C(/C)O.CC(C)Cc1[c-]c(C2CCC3CCCCC3[N-]2)cc(CC(C)C)c1.[Ir]. The van der Waals surface area contributed by atoms with E-state index in [0.29, 0.717) is 23.9 Å². The zero-order valence-electron chi connectivity index (χ0n) is 20.9. The number of hydrogen-bond acceptors (Lipinski definition) is 2. The number of carbonyl (C=O) groups excluding carboxylic acids is 1. The number of carbonyl (C=O) groups is 1. The molecule has 1 aromatic rings. The van der Waals surface area contributed by atoms with Crippen LogP contribution in [0.2, 0.25) is 0 Å². The number of ketones is 1. The third kappa shape index (κ3) is 10.3. The average molecular weight is 618 g/mol. The van der Waals surface area contributed by atoms with E-state index in [2.05, 4.69) is 45.9 Å². The van der Waals surface area contributed by atoms with E-state index in [1.165, 1.54) is 81.6 Å². The van der Waals surface area contributed by atoms with Crippen molar-refractivity contribution in [1.29, 1.82) is 0 Å². The first kappa shape index (κ1) is 29.1. The van der Waals surface area contributed by atoms with Crippen molar-refractivity contribution in [3.63, 3.8) is 0 Å². The largest absolute Gasteiger partial charge is 0.654 e. The van der Waals surface area contributed by atoms with Crippen LogP contribution in [0.15, 0.2) is 24.0 Å². The van der Waals surface area contributed by atoms with Crippen LogP contribution in [0, 0.1) is 23.8 Å². The topological polar surface area (TPSA) is 51.4 Å². The quantitative estimate of drug-likeness (QED) is 0.202. The van der Waals surface area contributed by atoms with Gasteiger partial charge in [-0.05, 0) is 38.5 Å². The van der Waals surface area contributed by atoms with Crippen LogP contribution in [0.3, 0.4) is 0 Å². The molecule has 3 nitrogen and oxygen atoms in total. The van der Waals surface area contributed by atoms with Crippen molar-refractivity contribution in [2.45, 2.75) is 105 Å². The van der Waals surface area contributed by atoms with Crippen LogP contribution in [0.25, 0.3) is 5.32 Å². The fourth-order valence-corrected chi connectivity index (χ4v) is 4.97. The smallest absolute Gasteiger partial charge is 0.155 e. The Bertz CT molecular complexity index is 709. The van der Waals surface area contributed by atoms with Gasteiger partial charge in [0.1, 0.15) is 0 Å². The van der Waals surface area contributed by atoms with E-state index in [4.69, 9.17) is 10.4 Å². The number of aliphatic hydroxyl groups excluding tert-OH is 1. The fourth-order valence-electron chi connectivity index (χ4n) is 4.97. The predicted molar refractivity (Wildman–Crippen MR) is 131 cm³/mol. The van der Waals surface area contributed by atoms with Crippen molar-refractivity contribution >= 4 is 5.78 Å². The Hall–Kier alpha value is -0.961. The second kappa shape index (κ2) is 14.3. The molecule has 0 aromatic heterocycles. The average Bonchev–Trinajstić information content (AvgIpc) is 2.65. The Morgan fingerprint density at radius 3 is 2.28 bits per heavy atom. The van der Waals surface area contributed by atoms with Crippen LogP contribution >= 0.6 is 0 Å². The molecule has 3 rings (SSSR count). The molecule has 0 bridgehead atoms. The van der Waals surface area contributed by atoms with E-state index >= 15 is 0 Å². The Morgan fingerprint density at radius 2 is 1.72 bits per heavy atom. The van der Waals surface area contributed by atoms with Gasteiger partial charge in [0, 0.05) is 26.2 Å². The fraction of sp³-hybridized carbons (Fsp3) is 0.679. The molecular weight excluding hydrogens is 575 g/mol. The zero-order chi connectivity index (χ0) is 23.0. The second-order valence-electron chi connectivity index (χ2n) is 10.4. The Balaban J connectivity index is 0.000000558. The summed E-state index contributed by atoms with van der Waals surface area (Å²) < 4.78 is 0. The summed E-state index contributed by atoms with van der Waals surface area (Å²) in [7, 11) is 0. The molecule has 2 aliphatic rings. The molecule has 1 aliphatic heterocycles. The van der Waals surface area contributed by atoms with Crippen molar-refractivity contribution < 1.29 is 30.0 Å². The molecular formula is C28H43IrNO2-2. The first-order chi connectivity index (χ1) is 14.6. The molecule has 2 fully saturated rings. The maximum atomic E-state index is 10.0. The molecule has 3 unspecified atom stereocenters. The summed E-state index contributed by atoms with van der Waals surface area (Å²) in [6.07, 6.45) is 11.6. The standard InChI is InChI=1S/C23H35N.C5H8O2.Ir/c1-16(2)11-18-13-19(12-17(3)4)15-21(14-18)23-10-9-20-7-5-6-8-22(20)24-23;1-4(6)3-5(2)7;/h13-14,16-17,20,22-23H,5-12H2,1-4H3;3,6H,1-2H3;/q-2;;/b;4-3-;. The van der Waals surface area contributed by atoms with Gasteiger partial charge in [0.2, 0.25) is 0 Å². The van der Waals surface area contributed by atoms with E-state index < -0.39 is 0 Å². The summed E-state index contributed by atoms with van der Waals surface area (Å²) in [5, 5.41) is 13.6. The summed E-state index contributed by atoms with van der Waals surface area (Å²) in [4.78, 5) is 10.0. The van der Waals surface area contributed by atoms with Gasteiger partial charge >= 0.3 is 0 Å².